The lowest BCUT2D eigenvalue weighted by Gasteiger charge is -2.05. The summed E-state index contributed by atoms with van der Waals surface area (Å²) in [5.74, 6) is -0.492. The van der Waals surface area contributed by atoms with Gasteiger partial charge < -0.3 is 5.32 Å². The number of anilines is 1. The van der Waals surface area contributed by atoms with E-state index in [1.54, 1.807) is 6.21 Å². The molecule has 0 bridgehead atoms. The number of aryl methyl sites for hydroxylation is 2. The highest BCUT2D eigenvalue weighted by molar-refractivity contribution is 5.93. The first-order valence-corrected chi connectivity index (χ1v) is 7.78. The van der Waals surface area contributed by atoms with Crippen LogP contribution in [0.25, 0.3) is 0 Å². The molecule has 0 atom stereocenters. The van der Waals surface area contributed by atoms with E-state index in [2.05, 4.69) is 15.8 Å². The van der Waals surface area contributed by atoms with Crippen LogP contribution in [0, 0.1) is 13.8 Å². The second kappa shape index (κ2) is 8.62. The first kappa shape index (κ1) is 17.4. The van der Waals surface area contributed by atoms with Crippen molar-refractivity contribution in [3.05, 3.63) is 65.2 Å². The molecule has 5 nitrogen and oxygen atoms in total. The minimum absolute atomic E-state index is 0.0862. The summed E-state index contributed by atoms with van der Waals surface area (Å²) in [5, 5.41) is 6.64. The van der Waals surface area contributed by atoms with Crippen molar-refractivity contribution >= 4 is 23.7 Å². The monoisotopic (exact) mass is 323 g/mol. The Labute approximate surface area is 141 Å². The molecule has 0 radical (unpaired) electrons. The zero-order chi connectivity index (χ0) is 17.4. The molecule has 2 aromatic carbocycles. The summed E-state index contributed by atoms with van der Waals surface area (Å²) in [5.41, 5.74) is 6.34. The Balaban J connectivity index is 1.71. The van der Waals surface area contributed by atoms with Gasteiger partial charge in [-0.3, -0.25) is 9.59 Å². The molecule has 24 heavy (non-hydrogen) atoms. The van der Waals surface area contributed by atoms with Crippen molar-refractivity contribution in [2.75, 3.05) is 5.32 Å². The third-order valence-corrected chi connectivity index (χ3v) is 3.39. The van der Waals surface area contributed by atoms with Gasteiger partial charge in [0.15, 0.2) is 0 Å². The topological polar surface area (TPSA) is 70.6 Å². The van der Waals surface area contributed by atoms with Gasteiger partial charge in [-0.25, -0.2) is 5.43 Å². The maximum absolute atomic E-state index is 11.8. The Morgan fingerprint density at radius 1 is 0.875 bits per heavy atom. The fourth-order valence-corrected chi connectivity index (χ4v) is 1.97. The van der Waals surface area contributed by atoms with Crippen molar-refractivity contribution in [2.45, 2.75) is 26.7 Å². The minimum Gasteiger partial charge on any atom is -0.326 e. The van der Waals surface area contributed by atoms with Gasteiger partial charge in [-0.1, -0.05) is 47.5 Å². The Kier molecular flexibility index (Phi) is 6.25. The lowest BCUT2D eigenvalue weighted by molar-refractivity contribution is -0.124. The van der Waals surface area contributed by atoms with Gasteiger partial charge in [0.2, 0.25) is 11.8 Å². The van der Waals surface area contributed by atoms with Crippen LogP contribution in [0.2, 0.25) is 0 Å². The first-order chi connectivity index (χ1) is 11.5. The minimum atomic E-state index is -0.294. The summed E-state index contributed by atoms with van der Waals surface area (Å²) < 4.78 is 0. The summed E-state index contributed by atoms with van der Waals surface area (Å²) in [7, 11) is 0. The van der Waals surface area contributed by atoms with E-state index in [1.807, 2.05) is 62.4 Å². The van der Waals surface area contributed by atoms with Crippen LogP contribution >= 0.6 is 0 Å². The fourth-order valence-electron chi connectivity index (χ4n) is 1.97. The number of benzene rings is 2. The predicted molar refractivity (Wildman–Crippen MR) is 96.0 cm³/mol. The molecule has 2 rings (SSSR count). The van der Waals surface area contributed by atoms with Crippen molar-refractivity contribution in [1.29, 1.82) is 0 Å². The van der Waals surface area contributed by atoms with Gasteiger partial charge in [0.25, 0.3) is 0 Å². The summed E-state index contributed by atoms with van der Waals surface area (Å²) in [6.45, 7) is 3.98. The first-order valence-electron chi connectivity index (χ1n) is 7.78. The molecular formula is C19H21N3O2. The van der Waals surface area contributed by atoms with E-state index in [0.29, 0.717) is 0 Å². The van der Waals surface area contributed by atoms with Gasteiger partial charge in [-0.2, -0.15) is 5.10 Å². The third-order valence-electron chi connectivity index (χ3n) is 3.39. The van der Waals surface area contributed by atoms with Crippen molar-refractivity contribution < 1.29 is 9.59 Å². The molecular weight excluding hydrogens is 302 g/mol. The highest BCUT2D eigenvalue weighted by atomic mass is 16.2. The summed E-state index contributed by atoms with van der Waals surface area (Å²) in [6, 6.07) is 15.3. The predicted octanol–water partition coefficient (Wildman–Crippen LogP) is 3.17. The second-order valence-corrected chi connectivity index (χ2v) is 5.62. The van der Waals surface area contributed by atoms with Crippen LogP contribution < -0.4 is 10.7 Å². The number of carbonyl (C=O) groups excluding carboxylic acids is 2. The molecule has 2 N–H and O–H groups in total. The molecule has 0 saturated heterocycles. The standard InChI is InChI=1S/C19H21N3O2/c1-14-3-7-16(8-4-14)13-20-22-19(24)12-11-18(23)21-17-9-5-15(2)6-10-17/h3-10,13H,11-12H2,1-2H3,(H,21,23)(H,22,24)/b20-13+. The van der Waals surface area contributed by atoms with E-state index in [0.717, 1.165) is 22.4 Å². The van der Waals surface area contributed by atoms with Gasteiger partial charge in [-0.15, -0.1) is 0 Å². The molecule has 124 valence electrons. The molecule has 0 unspecified atom stereocenters. The molecule has 2 amide bonds. The SMILES string of the molecule is Cc1ccc(/C=N/NC(=O)CCC(=O)Nc2ccc(C)cc2)cc1. The molecule has 0 aliphatic rings. The van der Waals surface area contributed by atoms with Crippen LogP contribution in [0.3, 0.4) is 0 Å². The number of amides is 2. The van der Waals surface area contributed by atoms with Crippen molar-refractivity contribution in [3.8, 4) is 0 Å². The molecule has 0 aliphatic heterocycles. The zero-order valence-electron chi connectivity index (χ0n) is 13.9. The number of nitrogens with one attached hydrogen (secondary N) is 2. The third kappa shape index (κ3) is 6.04. The van der Waals surface area contributed by atoms with Crippen molar-refractivity contribution in [3.63, 3.8) is 0 Å². The zero-order valence-corrected chi connectivity index (χ0v) is 13.9. The van der Waals surface area contributed by atoms with Crippen LogP contribution in [-0.4, -0.2) is 18.0 Å². The number of carbonyl (C=O) groups is 2. The molecule has 0 fully saturated rings. The molecule has 0 saturated carbocycles. The molecule has 0 spiro atoms. The van der Waals surface area contributed by atoms with Gasteiger partial charge in [0, 0.05) is 18.5 Å². The molecule has 5 heteroatoms. The van der Waals surface area contributed by atoms with Gasteiger partial charge in [0.05, 0.1) is 6.21 Å². The maximum Gasteiger partial charge on any atom is 0.240 e. The lowest BCUT2D eigenvalue weighted by atomic mass is 10.2. The maximum atomic E-state index is 11.8. The lowest BCUT2D eigenvalue weighted by Crippen LogP contribution is -2.20. The molecule has 0 aromatic heterocycles. The van der Waals surface area contributed by atoms with Crippen LogP contribution in [0.1, 0.15) is 29.5 Å². The van der Waals surface area contributed by atoms with Crippen LogP contribution in [0.5, 0.6) is 0 Å². The van der Waals surface area contributed by atoms with E-state index in [4.69, 9.17) is 0 Å². The Morgan fingerprint density at radius 3 is 2.04 bits per heavy atom. The van der Waals surface area contributed by atoms with Gasteiger partial charge in [0.1, 0.15) is 0 Å². The number of hydrogen-bond acceptors (Lipinski definition) is 3. The average Bonchev–Trinajstić information content (AvgIpc) is 2.57. The summed E-state index contributed by atoms with van der Waals surface area (Å²) in [6.07, 6.45) is 1.77. The summed E-state index contributed by atoms with van der Waals surface area (Å²) in [4.78, 5) is 23.5. The normalized spacial score (nSPS) is 10.6. The van der Waals surface area contributed by atoms with E-state index in [-0.39, 0.29) is 24.7 Å². The van der Waals surface area contributed by atoms with E-state index < -0.39 is 0 Å². The molecule has 0 heterocycles. The van der Waals surface area contributed by atoms with E-state index in [9.17, 15) is 9.59 Å². The van der Waals surface area contributed by atoms with Gasteiger partial charge >= 0.3 is 0 Å². The van der Waals surface area contributed by atoms with Crippen molar-refractivity contribution in [2.24, 2.45) is 5.10 Å². The van der Waals surface area contributed by atoms with Gasteiger partial charge in [-0.05, 0) is 31.5 Å². The van der Waals surface area contributed by atoms with Crippen molar-refractivity contribution in [1.82, 2.24) is 5.43 Å². The second-order valence-electron chi connectivity index (χ2n) is 5.62. The largest absolute Gasteiger partial charge is 0.326 e. The fraction of sp³-hybridized carbons (Fsp3) is 0.211. The average molecular weight is 323 g/mol. The Bertz CT molecular complexity index is 719. The summed E-state index contributed by atoms with van der Waals surface area (Å²) >= 11 is 0. The Morgan fingerprint density at radius 2 is 1.42 bits per heavy atom. The molecule has 0 aliphatic carbocycles. The number of hydrogen-bond donors (Lipinski definition) is 2. The van der Waals surface area contributed by atoms with E-state index in [1.165, 1.54) is 0 Å². The highest BCUT2D eigenvalue weighted by Crippen LogP contribution is 2.09. The highest BCUT2D eigenvalue weighted by Gasteiger charge is 2.06. The van der Waals surface area contributed by atoms with Crippen LogP contribution in [0.4, 0.5) is 5.69 Å². The van der Waals surface area contributed by atoms with Crippen LogP contribution in [0.15, 0.2) is 53.6 Å². The number of nitrogens with zero attached hydrogens (tertiary/aromatic N) is 1. The van der Waals surface area contributed by atoms with E-state index >= 15 is 0 Å². The number of rotatable bonds is 6. The van der Waals surface area contributed by atoms with Crippen LogP contribution in [-0.2, 0) is 9.59 Å². The smallest absolute Gasteiger partial charge is 0.240 e. The number of hydrazone groups is 1. The Hall–Kier alpha value is -2.95. The molecule has 2 aromatic rings. The quantitative estimate of drug-likeness (QED) is 0.633.